The topological polar surface area (TPSA) is 115 Å². The van der Waals surface area contributed by atoms with Crippen molar-refractivity contribution in [2.24, 2.45) is 5.16 Å². The third-order valence-corrected chi connectivity index (χ3v) is 4.46. The van der Waals surface area contributed by atoms with Gasteiger partial charge in [0.2, 0.25) is 6.61 Å². The van der Waals surface area contributed by atoms with Crippen molar-refractivity contribution < 1.29 is 28.6 Å². The third kappa shape index (κ3) is 6.33. The van der Waals surface area contributed by atoms with E-state index in [1.807, 2.05) is 12.1 Å². The lowest BCUT2D eigenvalue weighted by Crippen LogP contribution is -2.50. The molecule has 1 aromatic carbocycles. The Hall–Kier alpha value is -3.84. The van der Waals surface area contributed by atoms with Gasteiger partial charge in [0, 0.05) is 18.3 Å². The van der Waals surface area contributed by atoms with E-state index < -0.39 is 12.6 Å². The number of aromatic amines is 1. The number of aromatic nitrogens is 2. The van der Waals surface area contributed by atoms with Crippen molar-refractivity contribution in [3.05, 3.63) is 47.8 Å². The van der Waals surface area contributed by atoms with E-state index in [1.54, 1.807) is 30.0 Å². The fraction of sp³-hybridized carbons (Fsp3) is 0.364. The first-order chi connectivity index (χ1) is 15.6. The summed E-state index contributed by atoms with van der Waals surface area (Å²) in [5, 5.41) is 10.4. The zero-order valence-electron chi connectivity index (χ0n) is 17.7. The lowest BCUT2D eigenvalue weighted by Gasteiger charge is -2.32. The molecular formula is C22H24N4O6. The van der Waals surface area contributed by atoms with Gasteiger partial charge in [-0.1, -0.05) is 17.1 Å². The minimum atomic E-state index is -0.579. The van der Waals surface area contributed by atoms with Crippen LogP contribution in [0.2, 0.25) is 0 Å². The van der Waals surface area contributed by atoms with Gasteiger partial charge in [0.15, 0.2) is 5.71 Å². The monoisotopic (exact) mass is 440 g/mol. The first-order valence-electron chi connectivity index (χ1n) is 10.1. The molecule has 0 aliphatic carbocycles. The smallest absolute Gasteiger partial charge is 0.347 e. The molecular weight excluding hydrogens is 416 g/mol. The average Bonchev–Trinajstić information content (AvgIpc) is 3.35. The molecule has 1 saturated heterocycles. The molecule has 1 aromatic heterocycles. The molecule has 1 aliphatic heterocycles. The molecule has 1 N–H and O–H groups in total. The van der Waals surface area contributed by atoms with Crippen LogP contribution < -0.4 is 4.74 Å². The van der Waals surface area contributed by atoms with Gasteiger partial charge in [-0.25, -0.2) is 4.79 Å². The lowest BCUT2D eigenvalue weighted by atomic mass is 10.2. The predicted octanol–water partition coefficient (Wildman–Crippen LogP) is 0.981. The summed E-state index contributed by atoms with van der Waals surface area (Å²) in [4.78, 5) is 31.2. The van der Waals surface area contributed by atoms with E-state index >= 15 is 0 Å². The first-order valence-corrected chi connectivity index (χ1v) is 10.1. The number of amides is 1. The quantitative estimate of drug-likeness (QED) is 0.267. The molecule has 1 fully saturated rings. The van der Waals surface area contributed by atoms with Gasteiger partial charge in [0.1, 0.15) is 18.5 Å². The Balaban J connectivity index is 1.62. The van der Waals surface area contributed by atoms with Crippen LogP contribution in [0.5, 0.6) is 5.75 Å². The number of terminal acetylenes is 1. The molecule has 10 nitrogen and oxygen atoms in total. The number of hydrogen-bond acceptors (Lipinski definition) is 8. The maximum Gasteiger partial charge on any atom is 0.347 e. The second-order valence-corrected chi connectivity index (χ2v) is 6.72. The van der Waals surface area contributed by atoms with Crippen LogP contribution in [0.25, 0.3) is 0 Å². The summed E-state index contributed by atoms with van der Waals surface area (Å²) in [6, 6.07) is 8.77. The number of morpholine rings is 1. The molecule has 1 atom stereocenters. The molecule has 1 amide bonds. The number of nitrogens with zero attached hydrogens (tertiary/aromatic N) is 3. The molecule has 2 aromatic rings. The van der Waals surface area contributed by atoms with Crippen molar-refractivity contribution in [2.75, 3.05) is 39.5 Å². The van der Waals surface area contributed by atoms with E-state index in [0.29, 0.717) is 36.7 Å². The van der Waals surface area contributed by atoms with Gasteiger partial charge in [-0.3, -0.25) is 9.89 Å². The molecule has 0 spiro atoms. The Bertz CT molecular complexity index is 983. The summed E-state index contributed by atoms with van der Waals surface area (Å²) >= 11 is 0. The van der Waals surface area contributed by atoms with Crippen molar-refractivity contribution in [1.82, 2.24) is 15.1 Å². The average molecular weight is 440 g/mol. The Kier molecular flexibility index (Phi) is 8.22. The number of hydrogen-bond donors (Lipinski definition) is 1. The van der Waals surface area contributed by atoms with E-state index in [9.17, 15) is 9.59 Å². The third-order valence-electron chi connectivity index (χ3n) is 4.46. The van der Waals surface area contributed by atoms with Crippen LogP contribution in [0, 0.1) is 12.3 Å². The maximum atomic E-state index is 13.1. The van der Waals surface area contributed by atoms with Crippen LogP contribution in [0.4, 0.5) is 0 Å². The summed E-state index contributed by atoms with van der Waals surface area (Å²) in [7, 11) is 0. The summed E-state index contributed by atoms with van der Waals surface area (Å²) in [5.74, 6) is 2.22. The molecule has 0 radical (unpaired) electrons. The van der Waals surface area contributed by atoms with Crippen LogP contribution >= 0.6 is 0 Å². The summed E-state index contributed by atoms with van der Waals surface area (Å²) in [6.07, 6.45) is 6.56. The zero-order chi connectivity index (χ0) is 22.8. The molecule has 1 aliphatic rings. The van der Waals surface area contributed by atoms with E-state index in [-0.39, 0.29) is 30.9 Å². The molecule has 1 unspecified atom stereocenters. The van der Waals surface area contributed by atoms with Crippen LogP contribution in [-0.2, 0) is 23.9 Å². The van der Waals surface area contributed by atoms with Crippen molar-refractivity contribution in [1.29, 1.82) is 0 Å². The Labute approximate surface area is 185 Å². The summed E-state index contributed by atoms with van der Waals surface area (Å²) < 4.78 is 16.3. The van der Waals surface area contributed by atoms with Crippen molar-refractivity contribution in [3.63, 3.8) is 0 Å². The van der Waals surface area contributed by atoms with Crippen LogP contribution in [0.15, 0.2) is 41.7 Å². The van der Waals surface area contributed by atoms with Crippen molar-refractivity contribution in [3.8, 4) is 18.1 Å². The van der Waals surface area contributed by atoms with E-state index in [2.05, 4.69) is 21.3 Å². The molecule has 0 saturated carbocycles. The predicted molar refractivity (Wildman–Crippen MR) is 114 cm³/mol. The highest BCUT2D eigenvalue weighted by atomic mass is 16.7. The Morgan fingerprint density at radius 1 is 1.41 bits per heavy atom. The van der Waals surface area contributed by atoms with E-state index in [0.717, 1.165) is 0 Å². The molecule has 2 heterocycles. The number of esters is 1. The minimum absolute atomic E-state index is 0.00455. The normalized spacial score (nSPS) is 16.2. The maximum absolute atomic E-state index is 13.1. The molecule has 168 valence electrons. The fourth-order valence-corrected chi connectivity index (χ4v) is 2.96. The molecule has 0 bridgehead atoms. The number of ether oxygens (including phenoxy) is 3. The van der Waals surface area contributed by atoms with Crippen LogP contribution in [-0.4, -0.2) is 78.3 Å². The Morgan fingerprint density at radius 3 is 3.03 bits per heavy atom. The summed E-state index contributed by atoms with van der Waals surface area (Å²) in [6.45, 7) is 2.74. The number of nitrogens with one attached hydrogen (secondary N) is 1. The molecule has 32 heavy (non-hydrogen) atoms. The number of carbonyl (C=O) groups excluding carboxylic acids is 2. The standard InChI is InChI=1S/C22H24N4O6/c1-3-16-6-5-7-17(12-16)31-14-18-13-26(10-11-30-18)22(28)21(19-8-9-23-24-19)25-32-15-20(27)29-4-2/h1,5-9,12,18H,4,10-11,13-15H2,2H3,(H,23,24)/b25-21+. The number of H-pyrrole nitrogens is 1. The van der Waals surface area contributed by atoms with Crippen molar-refractivity contribution >= 4 is 17.6 Å². The fourth-order valence-electron chi connectivity index (χ4n) is 2.96. The van der Waals surface area contributed by atoms with Gasteiger partial charge < -0.3 is 23.9 Å². The van der Waals surface area contributed by atoms with Gasteiger partial charge in [0.25, 0.3) is 5.91 Å². The van der Waals surface area contributed by atoms with Crippen LogP contribution in [0.3, 0.4) is 0 Å². The lowest BCUT2D eigenvalue weighted by molar-refractivity contribution is -0.148. The molecule has 10 heteroatoms. The van der Waals surface area contributed by atoms with Crippen LogP contribution in [0.1, 0.15) is 18.2 Å². The number of carbonyl (C=O) groups is 2. The number of benzene rings is 1. The van der Waals surface area contributed by atoms with Gasteiger partial charge >= 0.3 is 5.97 Å². The first kappa shape index (κ1) is 22.8. The van der Waals surface area contributed by atoms with Gasteiger partial charge in [-0.15, -0.1) is 6.42 Å². The second kappa shape index (κ2) is 11.5. The minimum Gasteiger partial charge on any atom is -0.491 e. The van der Waals surface area contributed by atoms with Gasteiger partial charge in [-0.2, -0.15) is 5.10 Å². The van der Waals surface area contributed by atoms with Crippen molar-refractivity contribution in [2.45, 2.75) is 13.0 Å². The highest BCUT2D eigenvalue weighted by Crippen LogP contribution is 2.15. The number of rotatable bonds is 9. The largest absolute Gasteiger partial charge is 0.491 e. The van der Waals surface area contributed by atoms with E-state index in [1.165, 1.54) is 6.20 Å². The highest BCUT2D eigenvalue weighted by molar-refractivity contribution is 6.44. The van der Waals surface area contributed by atoms with Gasteiger partial charge in [0.05, 0.1) is 25.5 Å². The number of oxime groups is 1. The highest BCUT2D eigenvalue weighted by Gasteiger charge is 2.29. The molecule has 3 rings (SSSR count). The second-order valence-electron chi connectivity index (χ2n) is 6.72. The zero-order valence-corrected chi connectivity index (χ0v) is 17.7. The Morgan fingerprint density at radius 2 is 2.28 bits per heavy atom. The summed E-state index contributed by atoms with van der Waals surface area (Å²) in [5.41, 5.74) is 1.08. The SMILES string of the molecule is C#Cc1cccc(OCC2CN(C(=O)/C(=N/OCC(=O)OCC)c3ccn[nH]3)CCO2)c1. The van der Waals surface area contributed by atoms with E-state index in [4.69, 9.17) is 25.5 Å². The van der Waals surface area contributed by atoms with Gasteiger partial charge in [-0.05, 0) is 31.2 Å².